The van der Waals surface area contributed by atoms with E-state index in [0.717, 1.165) is 37.2 Å². The fraction of sp³-hybridized carbons (Fsp3) is 0.455. The van der Waals surface area contributed by atoms with Gasteiger partial charge in [-0.25, -0.2) is 9.97 Å². The molecular weight excluding hydrogens is 190 g/mol. The van der Waals surface area contributed by atoms with Crippen LogP contribution in [0.2, 0.25) is 0 Å². The van der Waals surface area contributed by atoms with E-state index in [0.29, 0.717) is 6.04 Å². The van der Waals surface area contributed by atoms with E-state index in [2.05, 4.69) is 14.5 Å². The number of aromatic nitrogens is 3. The summed E-state index contributed by atoms with van der Waals surface area (Å²) in [5.74, 6) is 0. The molecule has 78 valence electrons. The fourth-order valence-corrected chi connectivity index (χ4v) is 2.08. The van der Waals surface area contributed by atoms with Crippen molar-refractivity contribution >= 4 is 11.2 Å². The zero-order valence-corrected chi connectivity index (χ0v) is 8.47. The van der Waals surface area contributed by atoms with Crippen molar-refractivity contribution in [3.05, 3.63) is 24.7 Å². The van der Waals surface area contributed by atoms with E-state index in [-0.39, 0.29) is 0 Å². The smallest absolute Gasteiger partial charge is 0.160 e. The van der Waals surface area contributed by atoms with Gasteiger partial charge in [0.25, 0.3) is 0 Å². The highest BCUT2D eigenvalue weighted by Gasteiger charge is 2.17. The van der Waals surface area contributed by atoms with Gasteiger partial charge in [-0.1, -0.05) is 0 Å². The van der Waals surface area contributed by atoms with Crippen molar-refractivity contribution in [2.24, 2.45) is 0 Å². The molecule has 4 heteroatoms. The van der Waals surface area contributed by atoms with Gasteiger partial charge in [0.1, 0.15) is 5.52 Å². The van der Waals surface area contributed by atoms with Gasteiger partial charge in [0, 0.05) is 12.8 Å². The third-order valence-electron chi connectivity index (χ3n) is 2.86. The molecule has 0 saturated carbocycles. The zero-order chi connectivity index (χ0) is 10.1. The zero-order valence-electron chi connectivity index (χ0n) is 8.47. The SMILES string of the molecule is c1cnc2c(c1)ncn2C1CCCOC1. The molecule has 1 fully saturated rings. The first-order valence-electron chi connectivity index (χ1n) is 5.30. The lowest BCUT2D eigenvalue weighted by atomic mass is 10.1. The maximum Gasteiger partial charge on any atom is 0.160 e. The summed E-state index contributed by atoms with van der Waals surface area (Å²) in [4.78, 5) is 8.70. The molecule has 1 atom stereocenters. The van der Waals surface area contributed by atoms with Crippen LogP contribution in [0, 0.1) is 0 Å². The van der Waals surface area contributed by atoms with Gasteiger partial charge in [-0.05, 0) is 25.0 Å². The van der Waals surface area contributed by atoms with Crippen LogP contribution in [-0.2, 0) is 4.74 Å². The number of fused-ring (bicyclic) bond motifs is 1. The molecule has 15 heavy (non-hydrogen) atoms. The minimum Gasteiger partial charge on any atom is -0.379 e. The van der Waals surface area contributed by atoms with Gasteiger partial charge in [0.2, 0.25) is 0 Å². The third kappa shape index (κ3) is 1.51. The first kappa shape index (κ1) is 8.85. The second-order valence-corrected chi connectivity index (χ2v) is 3.87. The Morgan fingerprint density at radius 3 is 3.27 bits per heavy atom. The van der Waals surface area contributed by atoms with E-state index in [4.69, 9.17) is 4.74 Å². The number of hydrogen-bond acceptors (Lipinski definition) is 3. The Morgan fingerprint density at radius 2 is 2.40 bits per heavy atom. The van der Waals surface area contributed by atoms with Crippen LogP contribution in [0.1, 0.15) is 18.9 Å². The van der Waals surface area contributed by atoms with Crippen LogP contribution >= 0.6 is 0 Å². The number of nitrogens with zero attached hydrogens (tertiary/aromatic N) is 3. The molecule has 1 aliphatic rings. The largest absolute Gasteiger partial charge is 0.379 e. The number of imidazole rings is 1. The molecule has 0 radical (unpaired) electrons. The first-order chi connectivity index (χ1) is 7.45. The second-order valence-electron chi connectivity index (χ2n) is 3.87. The van der Waals surface area contributed by atoms with E-state index in [9.17, 15) is 0 Å². The van der Waals surface area contributed by atoms with Crippen molar-refractivity contribution in [1.29, 1.82) is 0 Å². The van der Waals surface area contributed by atoms with Gasteiger partial charge in [-0.2, -0.15) is 0 Å². The summed E-state index contributed by atoms with van der Waals surface area (Å²) >= 11 is 0. The molecule has 0 aliphatic carbocycles. The molecule has 0 amide bonds. The molecule has 0 N–H and O–H groups in total. The lowest BCUT2D eigenvalue weighted by molar-refractivity contribution is 0.0603. The molecule has 2 aromatic heterocycles. The highest BCUT2D eigenvalue weighted by Crippen LogP contribution is 2.22. The summed E-state index contributed by atoms with van der Waals surface area (Å²) in [6.45, 7) is 1.67. The van der Waals surface area contributed by atoms with Crippen LogP contribution in [-0.4, -0.2) is 27.7 Å². The molecule has 0 aromatic carbocycles. The molecule has 1 unspecified atom stereocenters. The number of ether oxygens (including phenoxy) is 1. The average molecular weight is 203 g/mol. The molecule has 3 heterocycles. The third-order valence-corrected chi connectivity index (χ3v) is 2.86. The number of rotatable bonds is 1. The van der Waals surface area contributed by atoms with Gasteiger partial charge in [-0.15, -0.1) is 0 Å². The molecular formula is C11H13N3O. The maximum atomic E-state index is 5.48. The van der Waals surface area contributed by atoms with Gasteiger partial charge in [-0.3, -0.25) is 0 Å². The van der Waals surface area contributed by atoms with Gasteiger partial charge < -0.3 is 9.30 Å². The average Bonchev–Trinajstić information content (AvgIpc) is 2.74. The summed E-state index contributed by atoms with van der Waals surface area (Å²) in [6, 6.07) is 4.30. The molecule has 3 rings (SSSR count). The van der Waals surface area contributed by atoms with E-state index >= 15 is 0 Å². The van der Waals surface area contributed by atoms with E-state index in [1.165, 1.54) is 0 Å². The minimum atomic E-state index is 0.402. The van der Waals surface area contributed by atoms with Crippen LogP contribution in [0.4, 0.5) is 0 Å². The van der Waals surface area contributed by atoms with E-state index in [1.54, 1.807) is 0 Å². The Kier molecular flexibility index (Phi) is 2.14. The van der Waals surface area contributed by atoms with Crippen molar-refractivity contribution in [3.8, 4) is 0 Å². The molecule has 0 spiro atoms. The van der Waals surface area contributed by atoms with Crippen LogP contribution in [0.5, 0.6) is 0 Å². The van der Waals surface area contributed by atoms with Crippen molar-refractivity contribution in [1.82, 2.24) is 14.5 Å². The summed E-state index contributed by atoms with van der Waals surface area (Å²) < 4.78 is 7.61. The molecule has 1 saturated heterocycles. The van der Waals surface area contributed by atoms with Crippen molar-refractivity contribution in [2.45, 2.75) is 18.9 Å². The first-order valence-corrected chi connectivity index (χ1v) is 5.30. The number of hydrogen-bond donors (Lipinski definition) is 0. The number of pyridine rings is 1. The molecule has 0 bridgehead atoms. The molecule has 4 nitrogen and oxygen atoms in total. The van der Waals surface area contributed by atoms with Crippen molar-refractivity contribution < 1.29 is 4.74 Å². The second kappa shape index (κ2) is 3.62. The van der Waals surface area contributed by atoms with Gasteiger partial charge in [0.15, 0.2) is 5.65 Å². The predicted molar refractivity (Wildman–Crippen MR) is 56.6 cm³/mol. The Balaban J connectivity index is 2.02. The van der Waals surface area contributed by atoms with Crippen LogP contribution in [0.3, 0.4) is 0 Å². The van der Waals surface area contributed by atoms with E-state index < -0.39 is 0 Å². The van der Waals surface area contributed by atoms with Crippen molar-refractivity contribution in [2.75, 3.05) is 13.2 Å². The summed E-state index contributed by atoms with van der Waals surface area (Å²) in [5.41, 5.74) is 1.93. The Morgan fingerprint density at radius 1 is 1.40 bits per heavy atom. The van der Waals surface area contributed by atoms with Crippen LogP contribution < -0.4 is 0 Å². The van der Waals surface area contributed by atoms with Crippen LogP contribution in [0.25, 0.3) is 11.2 Å². The minimum absolute atomic E-state index is 0.402. The highest BCUT2D eigenvalue weighted by atomic mass is 16.5. The summed E-state index contributed by atoms with van der Waals surface area (Å²) in [7, 11) is 0. The monoisotopic (exact) mass is 203 g/mol. The van der Waals surface area contributed by atoms with Crippen molar-refractivity contribution in [3.63, 3.8) is 0 Å². The fourth-order valence-electron chi connectivity index (χ4n) is 2.08. The van der Waals surface area contributed by atoms with E-state index in [1.807, 2.05) is 24.7 Å². The highest BCUT2D eigenvalue weighted by molar-refractivity contribution is 5.70. The summed E-state index contributed by atoms with van der Waals surface area (Å²) in [5, 5.41) is 0. The van der Waals surface area contributed by atoms with Gasteiger partial charge >= 0.3 is 0 Å². The van der Waals surface area contributed by atoms with Gasteiger partial charge in [0.05, 0.1) is 19.0 Å². The van der Waals surface area contributed by atoms with Crippen LogP contribution in [0.15, 0.2) is 24.7 Å². The topological polar surface area (TPSA) is 39.9 Å². The summed E-state index contributed by atoms with van der Waals surface area (Å²) in [6.07, 6.45) is 5.96. The Bertz CT molecular complexity index is 460. The standard InChI is InChI=1S/C11H13N3O/c1-4-10-11(12-5-1)14(8-13-10)9-3-2-6-15-7-9/h1,4-5,8-9H,2-3,6-7H2. The molecule has 1 aliphatic heterocycles. The Labute approximate surface area is 87.9 Å². The normalized spacial score (nSPS) is 22.0. The Hall–Kier alpha value is -1.42. The quantitative estimate of drug-likeness (QED) is 0.709. The predicted octanol–water partition coefficient (Wildman–Crippen LogP) is 1.78. The lowest BCUT2D eigenvalue weighted by Crippen LogP contribution is -2.20. The molecule has 2 aromatic rings. The lowest BCUT2D eigenvalue weighted by Gasteiger charge is -2.23. The maximum absolute atomic E-state index is 5.48.